The number of aliphatic carboxylic acids is 1. The van der Waals surface area contributed by atoms with E-state index >= 15 is 0 Å². The van der Waals surface area contributed by atoms with Gasteiger partial charge >= 0.3 is 12.1 Å². The molecule has 2 N–H and O–H groups in total. The number of hydrogen-bond donors (Lipinski definition) is 2. The Balaban J connectivity index is 0.000000745. The number of hydrogen-bond acceptors (Lipinski definition) is 8. The van der Waals surface area contributed by atoms with Crippen LogP contribution in [0.5, 0.6) is 0 Å². The number of carbonyl (C=O) groups is 2. The number of piperazine rings is 1. The highest BCUT2D eigenvalue weighted by Crippen LogP contribution is 2.23. The topological polar surface area (TPSA) is 126 Å². The first-order chi connectivity index (χ1) is 19.2. The van der Waals surface area contributed by atoms with Gasteiger partial charge in [0.05, 0.1) is 6.20 Å². The van der Waals surface area contributed by atoms with Crippen molar-refractivity contribution in [2.75, 3.05) is 44.3 Å². The Bertz CT molecular complexity index is 1230. The third kappa shape index (κ3) is 10.8. The standard InChI is InChI=1S/C24H31ClFN7O.C2HF3O2/c1-4-7-31-8-10-32(11-9-31)16-19-12-18(5-6-21(19)26)24(34)30-33(15-17(2)3)23-20(25)14-28-22(13-27)29-23;3-2(4,5)1(6)7/h5-6,12,14,17H,4,7-11,15-16H2,1-3H3,(H,30,34);(H,6,7). The SMILES string of the molecule is CCCN1CCN(Cc2cc(C(=O)NN(CC(C)C)c3nc(C#N)ncc3Cl)ccc2F)CC1.O=C(O)C(F)(F)F. The zero-order valence-corrected chi connectivity index (χ0v) is 23.6. The molecule has 1 saturated heterocycles. The number of amides is 1. The maximum Gasteiger partial charge on any atom is 0.490 e. The second-order valence-electron chi connectivity index (χ2n) is 9.65. The number of alkyl halides is 3. The molecule has 224 valence electrons. The molecule has 0 aliphatic carbocycles. The average molecular weight is 602 g/mol. The van der Waals surface area contributed by atoms with Gasteiger partial charge in [-0.15, -0.1) is 0 Å². The lowest BCUT2D eigenvalue weighted by atomic mass is 10.1. The van der Waals surface area contributed by atoms with E-state index in [2.05, 4.69) is 32.1 Å². The normalized spacial score (nSPS) is 14.1. The van der Waals surface area contributed by atoms with Crippen LogP contribution in [0.2, 0.25) is 5.02 Å². The molecule has 0 saturated carbocycles. The summed E-state index contributed by atoms with van der Waals surface area (Å²) in [5.74, 6) is -3.15. The van der Waals surface area contributed by atoms with Gasteiger partial charge in [-0.25, -0.2) is 14.2 Å². The van der Waals surface area contributed by atoms with Gasteiger partial charge in [-0.2, -0.15) is 23.4 Å². The maximum atomic E-state index is 14.6. The molecule has 0 atom stereocenters. The molecular weight excluding hydrogens is 570 g/mol. The Morgan fingerprint density at radius 1 is 1.22 bits per heavy atom. The van der Waals surface area contributed by atoms with Gasteiger partial charge in [0.25, 0.3) is 5.91 Å². The summed E-state index contributed by atoms with van der Waals surface area (Å²) in [6, 6.07) is 6.27. The first-order valence-corrected chi connectivity index (χ1v) is 13.2. The van der Waals surface area contributed by atoms with Crippen molar-refractivity contribution >= 4 is 29.3 Å². The van der Waals surface area contributed by atoms with Gasteiger partial charge in [-0.05, 0) is 37.1 Å². The second kappa shape index (κ2) is 15.5. The molecule has 3 rings (SSSR count). The fourth-order valence-electron chi connectivity index (χ4n) is 3.90. The first kappa shape index (κ1) is 33.7. The number of anilines is 1. The number of carbonyl (C=O) groups excluding carboxylic acids is 1. The molecule has 1 amide bonds. The van der Waals surface area contributed by atoms with Crippen LogP contribution < -0.4 is 10.4 Å². The predicted octanol–water partition coefficient (Wildman–Crippen LogP) is 4.11. The highest BCUT2D eigenvalue weighted by Gasteiger charge is 2.38. The van der Waals surface area contributed by atoms with Crippen LogP contribution in [0.15, 0.2) is 24.4 Å². The third-order valence-corrected chi connectivity index (χ3v) is 6.08. The molecule has 1 aromatic heterocycles. The number of halogens is 5. The number of benzene rings is 1. The molecule has 2 aromatic rings. The number of nitrogens with zero attached hydrogens (tertiary/aromatic N) is 6. The Morgan fingerprint density at radius 3 is 2.37 bits per heavy atom. The number of hydrazine groups is 1. The molecule has 41 heavy (non-hydrogen) atoms. The molecule has 1 aliphatic rings. The highest BCUT2D eigenvalue weighted by molar-refractivity contribution is 6.32. The minimum atomic E-state index is -5.08. The number of nitriles is 1. The number of carboxylic acids is 1. The van der Waals surface area contributed by atoms with E-state index in [-0.39, 0.29) is 28.4 Å². The van der Waals surface area contributed by atoms with Crippen LogP contribution >= 0.6 is 11.6 Å². The summed E-state index contributed by atoms with van der Waals surface area (Å²) < 4.78 is 46.3. The molecule has 1 aromatic carbocycles. The van der Waals surface area contributed by atoms with Gasteiger partial charge in [-0.3, -0.25) is 20.1 Å². The van der Waals surface area contributed by atoms with E-state index in [4.69, 9.17) is 26.8 Å². The first-order valence-electron chi connectivity index (χ1n) is 12.8. The molecule has 0 bridgehead atoms. The van der Waals surface area contributed by atoms with E-state index in [0.717, 1.165) is 39.1 Å². The molecular formula is C26H32ClF4N7O3. The maximum absolute atomic E-state index is 14.6. The number of carboxylic acid groups (broad SMARTS) is 1. The molecule has 2 heterocycles. The zero-order chi connectivity index (χ0) is 30.7. The van der Waals surface area contributed by atoms with Crippen molar-refractivity contribution < 1.29 is 32.3 Å². The number of rotatable bonds is 9. The summed E-state index contributed by atoms with van der Waals surface area (Å²) in [6.45, 7) is 11.7. The van der Waals surface area contributed by atoms with Gasteiger partial charge in [0.15, 0.2) is 5.82 Å². The molecule has 0 radical (unpaired) electrons. The van der Waals surface area contributed by atoms with Gasteiger partial charge in [-0.1, -0.05) is 32.4 Å². The van der Waals surface area contributed by atoms with Crippen LogP contribution in [0.3, 0.4) is 0 Å². The van der Waals surface area contributed by atoms with Gasteiger partial charge in [0, 0.05) is 50.4 Å². The van der Waals surface area contributed by atoms with Gasteiger partial charge in [0.1, 0.15) is 16.9 Å². The molecule has 1 aliphatic heterocycles. The molecule has 0 spiro atoms. The van der Waals surface area contributed by atoms with E-state index in [1.54, 1.807) is 6.07 Å². The van der Waals surface area contributed by atoms with Crippen molar-refractivity contribution in [2.45, 2.75) is 39.9 Å². The van der Waals surface area contributed by atoms with E-state index in [1.807, 2.05) is 19.9 Å². The fraction of sp³-hybridized carbons (Fsp3) is 0.500. The van der Waals surface area contributed by atoms with Crippen LogP contribution in [0, 0.1) is 23.1 Å². The molecule has 10 nitrogen and oxygen atoms in total. The van der Waals surface area contributed by atoms with Crippen LogP contribution in [-0.2, 0) is 11.3 Å². The van der Waals surface area contributed by atoms with E-state index in [0.29, 0.717) is 24.2 Å². The van der Waals surface area contributed by atoms with Crippen LogP contribution in [0.4, 0.5) is 23.4 Å². The van der Waals surface area contributed by atoms with Crippen LogP contribution in [-0.4, -0.2) is 82.2 Å². The molecule has 0 unspecified atom stereocenters. The number of aromatic nitrogens is 2. The van der Waals surface area contributed by atoms with Crippen molar-refractivity contribution in [3.63, 3.8) is 0 Å². The lowest BCUT2D eigenvalue weighted by Crippen LogP contribution is -2.46. The predicted molar refractivity (Wildman–Crippen MR) is 144 cm³/mol. The van der Waals surface area contributed by atoms with Crippen molar-refractivity contribution in [1.82, 2.24) is 25.2 Å². The van der Waals surface area contributed by atoms with Crippen molar-refractivity contribution in [2.24, 2.45) is 5.92 Å². The summed E-state index contributed by atoms with van der Waals surface area (Å²) in [4.78, 5) is 34.6. The van der Waals surface area contributed by atoms with E-state index in [9.17, 15) is 22.4 Å². The summed E-state index contributed by atoms with van der Waals surface area (Å²) in [6.07, 6.45) is -2.63. The van der Waals surface area contributed by atoms with Crippen LogP contribution in [0.25, 0.3) is 0 Å². The average Bonchev–Trinajstić information content (AvgIpc) is 2.90. The van der Waals surface area contributed by atoms with Crippen molar-refractivity contribution in [3.05, 3.63) is 52.2 Å². The van der Waals surface area contributed by atoms with E-state index in [1.165, 1.54) is 23.3 Å². The minimum absolute atomic E-state index is 0.0505. The molecule has 15 heteroatoms. The number of nitrogens with one attached hydrogen (secondary N) is 1. The Labute approximate surface area is 240 Å². The zero-order valence-electron chi connectivity index (χ0n) is 22.9. The Kier molecular flexibility index (Phi) is 12.7. The summed E-state index contributed by atoms with van der Waals surface area (Å²) in [7, 11) is 0. The third-order valence-electron chi connectivity index (χ3n) is 5.81. The quantitative estimate of drug-likeness (QED) is 0.323. The summed E-state index contributed by atoms with van der Waals surface area (Å²) in [5.41, 5.74) is 3.63. The largest absolute Gasteiger partial charge is 0.490 e. The molecule has 1 fully saturated rings. The summed E-state index contributed by atoms with van der Waals surface area (Å²) in [5, 5.41) is 18.0. The van der Waals surface area contributed by atoms with Gasteiger partial charge in [0.2, 0.25) is 5.82 Å². The Morgan fingerprint density at radius 2 is 1.83 bits per heavy atom. The summed E-state index contributed by atoms with van der Waals surface area (Å²) >= 11 is 6.26. The monoisotopic (exact) mass is 601 g/mol. The lowest BCUT2D eigenvalue weighted by molar-refractivity contribution is -0.192. The lowest BCUT2D eigenvalue weighted by Gasteiger charge is -2.34. The minimum Gasteiger partial charge on any atom is -0.475 e. The van der Waals surface area contributed by atoms with Crippen molar-refractivity contribution in [1.29, 1.82) is 5.26 Å². The Hall–Kier alpha value is -3.54. The highest BCUT2D eigenvalue weighted by atomic mass is 35.5. The van der Waals surface area contributed by atoms with Crippen molar-refractivity contribution in [3.8, 4) is 6.07 Å². The smallest absolute Gasteiger partial charge is 0.475 e. The fourth-order valence-corrected chi connectivity index (χ4v) is 4.10. The van der Waals surface area contributed by atoms with Crippen LogP contribution in [0.1, 0.15) is 48.9 Å². The van der Waals surface area contributed by atoms with Gasteiger partial charge < -0.3 is 10.0 Å². The second-order valence-corrected chi connectivity index (χ2v) is 10.1. The van der Waals surface area contributed by atoms with E-state index < -0.39 is 18.1 Å².